The highest BCUT2D eigenvalue weighted by Crippen LogP contribution is 2.26. The lowest BCUT2D eigenvalue weighted by Gasteiger charge is -2.09. The molecule has 2 rings (SSSR count). The number of aryl methyl sites for hydroxylation is 1. The molecule has 7 heteroatoms. The molecule has 0 saturated carbocycles. The Hall–Kier alpha value is -1.92. The second-order valence-electron chi connectivity index (χ2n) is 4.96. The summed E-state index contributed by atoms with van der Waals surface area (Å²) in [5.41, 5.74) is 0.883. The van der Waals surface area contributed by atoms with E-state index < -0.39 is 20.8 Å². The summed E-state index contributed by atoms with van der Waals surface area (Å²) >= 11 is 5.79. The van der Waals surface area contributed by atoms with Crippen molar-refractivity contribution >= 4 is 27.5 Å². The normalized spacial score (nSPS) is 11.3. The van der Waals surface area contributed by atoms with Crippen LogP contribution in [-0.4, -0.2) is 14.2 Å². The molecule has 0 saturated heterocycles. The number of rotatable bonds is 6. The molecule has 0 amide bonds. The molecule has 0 fully saturated rings. The third kappa shape index (κ3) is 4.77. The Morgan fingerprint density at radius 1 is 1.17 bits per heavy atom. The van der Waals surface area contributed by atoms with E-state index in [1.807, 2.05) is 0 Å². The van der Waals surface area contributed by atoms with E-state index in [1.54, 1.807) is 12.1 Å². The van der Waals surface area contributed by atoms with Gasteiger partial charge in [-0.25, -0.2) is 4.39 Å². The Bertz CT molecular complexity index is 816. The van der Waals surface area contributed by atoms with Crippen molar-refractivity contribution in [2.24, 2.45) is 0 Å². The predicted molar refractivity (Wildman–Crippen MR) is 84.7 cm³/mol. The molecule has 0 aromatic heterocycles. The second-order valence-corrected chi connectivity index (χ2v) is 6.88. The fourth-order valence-electron chi connectivity index (χ4n) is 1.87. The number of halogens is 2. The molecule has 0 spiro atoms. The van der Waals surface area contributed by atoms with Crippen LogP contribution in [0.5, 0.6) is 5.75 Å². The van der Waals surface area contributed by atoms with Gasteiger partial charge in [-0.2, -0.15) is 8.42 Å². The fraction of sp³-hybridized carbons (Fsp3) is 0.188. The Morgan fingerprint density at radius 3 is 2.43 bits per heavy atom. The zero-order chi connectivity index (χ0) is 17.0. The molecule has 0 bridgehead atoms. The van der Waals surface area contributed by atoms with Crippen molar-refractivity contribution in [1.29, 1.82) is 0 Å². The first-order valence-electron chi connectivity index (χ1n) is 6.76. The maximum Gasteiger partial charge on any atom is 0.340 e. The highest BCUT2D eigenvalue weighted by Gasteiger charge is 2.21. The van der Waals surface area contributed by atoms with Crippen LogP contribution in [0.3, 0.4) is 0 Å². The summed E-state index contributed by atoms with van der Waals surface area (Å²) in [6.45, 7) is 1.51. The first kappa shape index (κ1) is 17.4. The molecule has 4 nitrogen and oxygen atoms in total. The fourth-order valence-corrected chi connectivity index (χ4v) is 3.29. The van der Waals surface area contributed by atoms with E-state index in [-0.39, 0.29) is 16.6 Å². The first-order chi connectivity index (χ1) is 10.8. The van der Waals surface area contributed by atoms with Gasteiger partial charge in [0, 0.05) is 6.42 Å². The van der Waals surface area contributed by atoms with Crippen molar-refractivity contribution in [3.8, 4) is 5.75 Å². The minimum absolute atomic E-state index is 0.0775. The molecule has 0 aliphatic carbocycles. The minimum Gasteiger partial charge on any atom is -0.379 e. The number of carbonyl (C=O) groups is 1. The molecule has 0 aliphatic rings. The summed E-state index contributed by atoms with van der Waals surface area (Å²) in [6, 6.07) is 9.30. The summed E-state index contributed by atoms with van der Waals surface area (Å²) in [5.74, 6) is -0.568. The summed E-state index contributed by atoms with van der Waals surface area (Å²) < 4.78 is 42.5. The van der Waals surface area contributed by atoms with Crippen LogP contribution in [-0.2, 0) is 21.3 Å². The van der Waals surface area contributed by atoms with Crippen molar-refractivity contribution in [2.45, 2.75) is 24.7 Å². The van der Waals surface area contributed by atoms with Crippen molar-refractivity contribution in [3.63, 3.8) is 0 Å². The lowest BCUT2D eigenvalue weighted by Crippen LogP contribution is -2.10. The molecule has 0 N–H and O–H groups in total. The second kappa shape index (κ2) is 7.10. The number of Topliss-reactive ketones (excluding diaryl/α,β-unsaturated/α-hetero) is 1. The number of ketones is 1. The maximum absolute atomic E-state index is 13.2. The van der Waals surface area contributed by atoms with Gasteiger partial charge in [0.2, 0.25) is 0 Å². The summed E-state index contributed by atoms with van der Waals surface area (Å²) in [7, 11) is -4.23. The smallest absolute Gasteiger partial charge is 0.340 e. The summed E-state index contributed by atoms with van der Waals surface area (Å²) in [4.78, 5) is 10.5. The third-order valence-corrected chi connectivity index (χ3v) is 4.79. The zero-order valence-electron chi connectivity index (χ0n) is 12.3. The average Bonchev–Trinajstić information content (AvgIpc) is 2.48. The van der Waals surface area contributed by atoms with Gasteiger partial charge in [-0.3, -0.25) is 0 Å². The molecule has 0 unspecified atom stereocenters. The van der Waals surface area contributed by atoms with E-state index in [9.17, 15) is 17.6 Å². The van der Waals surface area contributed by atoms with E-state index in [2.05, 4.69) is 0 Å². The van der Waals surface area contributed by atoms with Crippen molar-refractivity contribution in [2.75, 3.05) is 0 Å². The largest absolute Gasteiger partial charge is 0.379 e. The Labute approximate surface area is 139 Å². The predicted octanol–water partition coefficient (Wildman–Crippen LogP) is 3.77. The number of hydrogen-bond acceptors (Lipinski definition) is 4. The lowest BCUT2D eigenvalue weighted by atomic mass is 10.1. The SMILES string of the molecule is CC(=O)CCc1ccc(OS(=O)(=O)c2cc(F)ccc2Cl)cc1. The summed E-state index contributed by atoms with van der Waals surface area (Å²) in [6.07, 6.45) is 0.982. The zero-order valence-corrected chi connectivity index (χ0v) is 13.8. The first-order valence-corrected chi connectivity index (χ1v) is 8.54. The van der Waals surface area contributed by atoms with Crippen LogP contribution in [0.2, 0.25) is 5.02 Å². The van der Waals surface area contributed by atoms with Crippen LogP contribution in [0.25, 0.3) is 0 Å². The molecular formula is C16H14ClFO4S. The van der Waals surface area contributed by atoms with E-state index in [0.717, 1.165) is 23.8 Å². The topological polar surface area (TPSA) is 60.4 Å². The van der Waals surface area contributed by atoms with Crippen LogP contribution in [0.15, 0.2) is 47.4 Å². The molecular weight excluding hydrogens is 343 g/mol. The van der Waals surface area contributed by atoms with Crippen molar-refractivity contribution in [1.82, 2.24) is 0 Å². The molecule has 0 radical (unpaired) electrons. The van der Waals surface area contributed by atoms with Gasteiger partial charge in [-0.15, -0.1) is 0 Å². The quantitative estimate of drug-likeness (QED) is 0.739. The Morgan fingerprint density at radius 2 is 1.83 bits per heavy atom. The van der Waals surface area contributed by atoms with Crippen LogP contribution in [0.1, 0.15) is 18.9 Å². The number of benzene rings is 2. The number of carbonyl (C=O) groups excluding carboxylic acids is 1. The van der Waals surface area contributed by atoms with Crippen LogP contribution in [0, 0.1) is 5.82 Å². The van der Waals surface area contributed by atoms with Crippen molar-refractivity contribution in [3.05, 3.63) is 58.9 Å². The van der Waals surface area contributed by atoms with Crippen molar-refractivity contribution < 1.29 is 21.8 Å². The average molecular weight is 357 g/mol. The number of hydrogen-bond donors (Lipinski definition) is 0. The molecule has 2 aromatic rings. The van der Waals surface area contributed by atoms with Gasteiger partial charge in [0.1, 0.15) is 22.2 Å². The van der Waals surface area contributed by atoms with Gasteiger partial charge >= 0.3 is 10.1 Å². The minimum atomic E-state index is -4.23. The van der Waals surface area contributed by atoms with Gasteiger partial charge in [0.25, 0.3) is 0 Å². The van der Waals surface area contributed by atoms with E-state index in [4.69, 9.17) is 15.8 Å². The highest BCUT2D eigenvalue weighted by atomic mass is 35.5. The lowest BCUT2D eigenvalue weighted by molar-refractivity contribution is -0.116. The molecule has 122 valence electrons. The highest BCUT2D eigenvalue weighted by molar-refractivity contribution is 7.87. The van der Waals surface area contributed by atoms with Crippen LogP contribution < -0.4 is 4.18 Å². The van der Waals surface area contributed by atoms with Gasteiger partial charge in [0.15, 0.2) is 0 Å². The molecule has 0 heterocycles. The van der Waals surface area contributed by atoms with E-state index in [1.165, 1.54) is 19.1 Å². The molecule has 2 aromatic carbocycles. The monoisotopic (exact) mass is 356 g/mol. The molecule has 23 heavy (non-hydrogen) atoms. The standard InChI is InChI=1S/C16H14ClFO4S/c1-11(19)2-3-12-4-7-14(8-5-12)22-23(20,21)16-10-13(18)6-9-15(16)17/h4-10H,2-3H2,1H3. The van der Waals surface area contributed by atoms with Gasteiger partial charge in [-0.05, 0) is 49.2 Å². The van der Waals surface area contributed by atoms with Gasteiger partial charge in [0.05, 0.1) is 5.02 Å². The maximum atomic E-state index is 13.2. The van der Waals surface area contributed by atoms with Crippen LogP contribution >= 0.6 is 11.6 Å². The van der Waals surface area contributed by atoms with Crippen LogP contribution in [0.4, 0.5) is 4.39 Å². The Kier molecular flexibility index (Phi) is 5.38. The molecule has 0 atom stereocenters. The van der Waals surface area contributed by atoms with E-state index >= 15 is 0 Å². The Balaban J connectivity index is 2.17. The summed E-state index contributed by atoms with van der Waals surface area (Å²) in [5, 5.41) is -0.121. The molecule has 0 aliphatic heterocycles. The van der Waals surface area contributed by atoms with Gasteiger partial charge in [-0.1, -0.05) is 23.7 Å². The third-order valence-electron chi connectivity index (χ3n) is 3.06. The van der Waals surface area contributed by atoms with Gasteiger partial charge < -0.3 is 8.98 Å². The van der Waals surface area contributed by atoms with E-state index in [0.29, 0.717) is 12.8 Å².